The molecule has 0 aliphatic heterocycles. The molecule has 3 N–H and O–H groups in total. The molecule has 0 radical (unpaired) electrons. The Kier molecular flexibility index (Phi) is 9.90. The van der Waals surface area contributed by atoms with Gasteiger partial charge in [0.1, 0.15) is 0 Å². The van der Waals surface area contributed by atoms with Crippen LogP contribution in [0.5, 0.6) is 0 Å². The van der Waals surface area contributed by atoms with Gasteiger partial charge in [-0.05, 0) is 36.9 Å². The quantitative estimate of drug-likeness (QED) is 0.782. The zero-order valence-electron chi connectivity index (χ0n) is 12.1. The Morgan fingerprint density at radius 3 is 2.60 bits per heavy atom. The smallest absolute Gasteiger partial charge is 0.223 e. The van der Waals surface area contributed by atoms with E-state index in [0.717, 1.165) is 17.3 Å². The Bertz CT molecular complexity index is 415. The van der Waals surface area contributed by atoms with Gasteiger partial charge < -0.3 is 11.1 Å². The van der Waals surface area contributed by atoms with Gasteiger partial charge in [-0.1, -0.05) is 48.0 Å². The van der Waals surface area contributed by atoms with Crippen LogP contribution in [-0.4, -0.2) is 19.0 Å². The van der Waals surface area contributed by atoms with Gasteiger partial charge in [0.25, 0.3) is 0 Å². The van der Waals surface area contributed by atoms with Gasteiger partial charge in [0.15, 0.2) is 0 Å². The third-order valence-corrected chi connectivity index (χ3v) is 4.09. The van der Waals surface area contributed by atoms with Gasteiger partial charge in [-0.25, -0.2) is 0 Å². The third kappa shape index (κ3) is 6.25. The average Bonchev–Trinajstić information content (AvgIpc) is 2.43. The summed E-state index contributed by atoms with van der Waals surface area (Å²) in [5.41, 5.74) is 6.73. The Balaban J connectivity index is 0.00000361. The molecule has 1 aromatic carbocycles. The van der Waals surface area contributed by atoms with Crippen LogP contribution >= 0.6 is 28.3 Å². The van der Waals surface area contributed by atoms with Gasteiger partial charge in [0.2, 0.25) is 5.91 Å². The summed E-state index contributed by atoms with van der Waals surface area (Å²) in [6, 6.07) is 8.05. The number of benzene rings is 1. The van der Waals surface area contributed by atoms with E-state index in [2.05, 4.69) is 27.3 Å². The summed E-state index contributed by atoms with van der Waals surface area (Å²) >= 11 is 3.53. The molecule has 0 aromatic heterocycles. The number of nitrogens with two attached hydrogens (primary N) is 1. The molecule has 0 saturated carbocycles. The van der Waals surface area contributed by atoms with Crippen LogP contribution in [0.3, 0.4) is 0 Å². The predicted molar refractivity (Wildman–Crippen MR) is 90.1 cm³/mol. The number of halogens is 2. The van der Waals surface area contributed by atoms with Crippen molar-refractivity contribution in [1.29, 1.82) is 0 Å². The van der Waals surface area contributed by atoms with Crippen molar-refractivity contribution in [2.24, 2.45) is 17.6 Å². The minimum atomic E-state index is 0. The summed E-state index contributed by atoms with van der Waals surface area (Å²) in [4.78, 5) is 12.1. The van der Waals surface area contributed by atoms with Crippen LogP contribution in [-0.2, 0) is 11.2 Å². The largest absolute Gasteiger partial charge is 0.356 e. The van der Waals surface area contributed by atoms with Gasteiger partial charge >= 0.3 is 0 Å². The van der Waals surface area contributed by atoms with E-state index in [-0.39, 0.29) is 24.2 Å². The summed E-state index contributed by atoms with van der Waals surface area (Å²) in [6.45, 7) is 5.34. The molecule has 0 aliphatic rings. The molecule has 5 heteroatoms. The highest BCUT2D eigenvalue weighted by atomic mass is 79.9. The fraction of sp³-hybridized carbons (Fsp3) is 0.533. The van der Waals surface area contributed by atoms with Crippen molar-refractivity contribution in [2.45, 2.75) is 26.7 Å². The van der Waals surface area contributed by atoms with Gasteiger partial charge in [0.05, 0.1) is 0 Å². The van der Waals surface area contributed by atoms with Crippen LogP contribution < -0.4 is 11.1 Å². The molecule has 0 fully saturated rings. The second-order valence-electron chi connectivity index (χ2n) is 4.99. The van der Waals surface area contributed by atoms with Gasteiger partial charge in [0, 0.05) is 16.9 Å². The van der Waals surface area contributed by atoms with Crippen LogP contribution in [0.15, 0.2) is 28.7 Å². The highest BCUT2D eigenvalue weighted by Crippen LogP contribution is 2.21. The van der Waals surface area contributed by atoms with Crippen LogP contribution in [0.1, 0.15) is 25.8 Å². The standard InChI is InChI=1S/C15H23BrN2O.ClH/c1-3-12(15(19)18-10-11(2)9-17)8-13-6-4-5-7-14(13)16;/h4-7,11-12H,3,8-10,17H2,1-2H3,(H,18,19);1H. The molecular formula is C15H24BrClN2O. The molecule has 0 heterocycles. The summed E-state index contributed by atoms with van der Waals surface area (Å²) in [7, 11) is 0. The minimum Gasteiger partial charge on any atom is -0.356 e. The van der Waals surface area contributed by atoms with E-state index in [1.165, 1.54) is 5.56 Å². The SMILES string of the molecule is CCC(Cc1ccccc1Br)C(=O)NCC(C)CN.Cl. The summed E-state index contributed by atoms with van der Waals surface area (Å²) in [5, 5.41) is 2.99. The first-order valence-electron chi connectivity index (χ1n) is 6.79. The molecule has 0 saturated heterocycles. The first kappa shape index (κ1) is 19.4. The first-order chi connectivity index (χ1) is 9.08. The lowest BCUT2D eigenvalue weighted by molar-refractivity contribution is -0.125. The molecule has 20 heavy (non-hydrogen) atoms. The maximum Gasteiger partial charge on any atom is 0.223 e. The second kappa shape index (κ2) is 10.2. The molecular weight excluding hydrogens is 340 g/mol. The van der Waals surface area contributed by atoms with E-state index in [0.29, 0.717) is 19.0 Å². The van der Waals surface area contributed by atoms with Crippen molar-refractivity contribution < 1.29 is 4.79 Å². The molecule has 2 atom stereocenters. The van der Waals surface area contributed by atoms with Crippen LogP contribution in [0.25, 0.3) is 0 Å². The van der Waals surface area contributed by atoms with Gasteiger partial charge in [-0.15, -0.1) is 12.4 Å². The fourth-order valence-corrected chi connectivity index (χ4v) is 2.30. The maximum absolute atomic E-state index is 12.1. The average molecular weight is 364 g/mol. The molecule has 3 nitrogen and oxygen atoms in total. The van der Waals surface area contributed by atoms with Crippen LogP contribution in [0.2, 0.25) is 0 Å². The molecule has 0 aliphatic carbocycles. The molecule has 114 valence electrons. The maximum atomic E-state index is 12.1. The Labute approximate surface area is 136 Å². The van der Waals surface area contributed by atoms with Crippen LogP contribution in [0, 0.1) is 11.8 Å². The highest BCUT2D eigenvalue weighted by Gasteiger charge is 2.18. The Morgan fingerprint density at radius 1 is 1.40 bits per heavy atom. The predicted octanol–water partition coefficient (Wildman–Crippen LogP) is 3.15. The number of carbonyl (C=O) groups is 1. The fourth-order valence-electron chi connectivity index (χ4n) is 1.85. The molecule has 2 unspecified atom stereocenters. The van der Waals surface area contributed by atoms with E-state index in [1.807, 2.05) is 32.0 Å². The topological polar surface area (TPSA) is 55.1 Å². The lowest BCUT2D eigenvalue weighted by Gasteiger charge is -2.17. The number of rotatable bonds is 7. The zero-order valence-corrected chi connectivity index (χ0v) is 14.5. The number of hydrogen-bond acceptors (Lipinski definition) is 2. The molecule has 1 rings (SSSR count). The molecule has 0 spiro atoms. The Morgan fingerprint density at radius 2 is 2.05 bits per heavy atom. The number of amides is 1. The summed E-state index contributed by atoms with van der Waals surface area (Å²) < 4.78 is 1.07. The van der Waals surface area contributed by atoms with E-state index in [1.54, 1.807) is 0 Å². The molecule has 1 aromatic rings. The van der Waals surface area contributed by atoms with Crippen molar-refractivity contribution in [3.05, 3.63) is 34.3 Å². The second-order valence-corrected chi connectivity index (χ2v) is 5.84. The normalized spacial score (nSPS) is 13.2. The van der Waals surface area contributed by atoms with Crippen molar-refractivity contribution >= 4 is 34.2 Å². The van der Waals surface area contributed by atoms with Crippen molar-refractivity contribution in [3.63, 3.8) is 0 Å². The Hall–Kier alpha value is -0.580. The van der Waals surface area contributed by atoms with E-state index in [4.69, 9.17) is 5.73 Å². The minimum absolute atomic E-state index is 0. The van der Waals surface area contributed by atoms with Crippen molar-refractivity contribution in [2.75, 3.05) is 13.1 Å². The number of hydrogen-bond donors (Lipinski definition) is 2. The van der Waals surface area contributed by atoms with Crippen LogP contribution in [0.4, 0.5) is 0 Å². The third-order valence-electron chi connectivity index (χ3n) is 3.31. The monoisotopic (exact) mass is 362 g/mol. The van der Waals surface area contributed by atoms with E-state index < -0.39 is 0 Å². The van der Waals surface area contributed by atoms with Gasteiger partial charge in [-0.2, -0.15) is 0 Å². The number of carbonyl (C=O) groups excluding carboxylic acids is 1. The van der Waals surface area contributed by atoms with E-state index in [9.17, 15) is 4.79 Å². The molecule has 0 bridgehead atoms. The molecule has 1 amide bonds. The van der Waals surface area contributed by atoms with Crippen molar-refractivity contribution in [1.82, 2.24) is 5.32 Å². The lowest BCUT2D eigenvalue weighted by Crippen LogP contribution is -2.36. The highest BCUT2D eigenvalue weighted by molar-refractivity contribution is 9.10. The zero-order chi connectivity index (χ0) is 14.3. The first-order valence-corrected chi connectivity index (χ1v) is 7.58. The van der Waals surface area contributed by atoms with Gasteiger partial charge in [-0.3, -0.25) is 4.79 Å². The number of nitrogens with one attached hydrogen (secondary N) is 1. The summed E-state index contributed by atoms with van der Waals surface area (Å²) in [5.74, 6) is 0.465. The lowest BCUT2D eigenvalue weighted by atomic mass is 9.96. The summed E-state index contributed by atoms with van der Waals surface area (Å²) in [6.07, 6.45) is 1.60. The van der Waals surface area contributed by atoms with Crippen molar-refractivity contribution in [3.8, 4) is 0 Å². The van der Waals surface area contributed by atoms with E-state index >= 15 is 0 Å².